The summed E-state index contributed by atoms with van der Waals surface area (Å²) in [6.07, 6.45) is 5.69. The second kappa shape index (κ2) is 7.10. The highest BCUT2D eigenvalue weighted by molar-refractivity contribution is 6.06. The van der Waals surface area contributed by atoms with Crippen LogP contribution in [-0.2, 0) is 6.42 Å². The van der Waals surface area contributed by atoms with Crippen molar-refractivity contribution >= 4 is 16.8 Å². The molecule has 128 valence electrons. The van der Waals surface area contributed by atoms with Crippen LogP contribution in [0.3, 0.4) is 0 Å². The third kappa shape index (κ3) is 3.27. The predicted molar refractivity (Wildman–Crippen MR) is 97.4 cm³/mol. The van der Waals surface area contributed by atoms with Gasteiger partial charge in [0.25, 0.3) is 5.91 Å². The molecule has 4 rings (SSSR count). The lowest BCUT2D eigenvalue weighted by Crippen LogP contribution is -2.26. The average Bonchev–Trinajstić information content (AvgIpc) is 3.17. The Morgan fingerprint density at radius 3 is 2.88 bits per heavy atom. The topological polar surface area (TPSA) is 96.5 Å². The fraction of sp³-hybridized carbons (Fsp3) is 0.105. The summed E-state index contributed by atoms with van der Waals surface area (Å²) < 4.78 is 0. The Hall–Kier alpha value is -3.61. The molecule has 0 unspecified atom stereocenters. The standard InChI is InChI=1S/C19H16N6O/c26-19(15-5-1-7-16-14(15)6-3-10-21-16)22-11-8-17-23-18(25-24-17)13-4-2-9-20-12-13/h1-7,9-10,12H,8,11H2,(H,22,26)(H,23,24,25). The summed E-state index contributed by atoms with van der Waals surface area (Å²) in [7, 11) is 0. The number of carbonyl (C=O) groups is 1. The number of rotatable bonds is 5. The van der Waals surface area contributed by atoms with Crippen LogP contribution < -0.4 is 5.32 Å². The molecule has 0 saturated heterocycles. The van der Waals surface area contributed by atoms with Gasteiger partial charge in [0.15, 0.2) is 5.82 Å². The minimum atomic E-state index is -0.129. The lowest BCUT2D eigenvalue weighted by atomic mass is 10.1. The monoisotopic (exact) mass is 344 g/mol. The molecule has 4 aromatic rings. The third-order valence-electron chi connectivity index (χ3n) is 3.99. The van der Waals surface area contributed by atoms with Crippen molar-refractivity contribution in [2.75, 3.05) is 6.54 Å². The number of nitrogens with zero attached hydrogens (tertiary/aromatic N) is 4. The Morgan fingerprint density at radius 2 is 2.00 bits per heavy atom. The van der Waals surface area contributed by atoms with E-state index in [1.165, 1.54) is 0 Å². The van der Waals surface area contributed by atoms with Crippen LogP contribution in [-0.4, -0.2) is 37.6 Å². The second-order valence-corrected chi connectivity index (χ2v) is 5.73. The molecule has 0 aliphatic carbocycles. The van der Waals surface area contributed by atoms with E-state index < -0.39 is 0 Å². The van der Waals surface area contributed by atoms with Gasteiger partial charge in [0, 0.05) is 48.1 Å². The third-order valence-corrected chi connectivity index (χ3v) is 3.99. The lowest BCUT2D eigenvalue weighted by Gasteiger charge is -2.06. The molecule has 1 aromatic carbocycles. The first-order chi connectivity index (χ1) is 12.8. The van der Waals surface area contributed by atoms with E-state index in [9.17, 15) is 4.79 Å². The first-order valence-corrected chi connectivity index (χ1v) is 8.25. The number of pyridine rings is 2. The van der Waals surface area contributed by atoms with Crippen molar-refractivity contribution in [3.05, 3.63) is 72.4 Å². The Kier molecular flexibility index (Phi) is 4.34. The quantitative estimate of drug-likeness (QED) is 0.579. The van der Waals surface area contributed by atoms with Crippen LogP contribution in [0, 0.1) is 0 Å². The van der Waals surface area contributed by atoms with Crippen molar-refractivity contribution in [1.29, 1.82) is 0 Å². The normalized spacial score (nSPS) is 10.8. The van der Waals surface area contributed by atoms with Gasteiger partial charge in [-0.05, 0) is 30.3 Å². The van der Waals surface area contributed by atoms with Gasteiger partial charge < -0.3 is 5.32 Å². The average molecular weight is 344 g/mol. The molecule has 0 fully saturated rings. The first-order valence-electron chi connectivity index (χ1n) is 8.25. The number of nitrogens with one attached hydrogen (secondary N) is 2. The molecule has 3 heterocycles. The van der Waals surface area contributed by atoms with Gasteiger partial charge in [-0.3, -0.25) is 19.9 Å². The molecule has 26 heavy (non-hydrogen) atoms. The van der Waals surface area contributed by atoms with E-state index >= 15 is 0 Å². The van der Waals surface area contributed by atoms with Crippen LogP contribution >= 0.6 is 0 Å². The number of H-pyrrole nitrogens is 1. The molecular formula is C19H16N6O. The van der Waals surface area contributed by atoms with E-state index in [1.807, 2.05) is 36.4 Å². The number of benzene rings is 1. The molecule has 2 N–H and O–H groups in total. The van der Waals surface area contributed by atoms with Crippen LogP contribution in [0.2, 0.25) is 0 Å². The van der Waals surface area contributed by atoms with Crippen molar-refractivity contribution < 1.29 is 4.79 Å². The van der Waals surface area contributed by atoms with Gasteiger partial charge in [-0.15, -0.1) is 0 Å². The fourth-order valence-electron chi connectivity index (χ4n) is 2.72. The molecule has 0 aliphatic rings. The first kappa shape index (κ1) is 15.9. The molecular weight excluding hydrogens is 328 g/mol. The van der Waals surface area contributed by atoms with Gasteiger partial charge in [-0.2, -0.15) is 5.10 Å². The summed E-state index contributed by atoms with van der Waals surface area (Å²) in [5, 5.41) is 10.8. The number of aromatic nitrogens is 5. The highest BCUT2D eigenvalue weighted by Gasteiger charge is 2.10. The van der Waals surface area contributed by atoms with Crippen LogP contribution in [0.25, 0.3) is 22.3 Å². The van der Waals surface area contributed by atoms with Gasteiger partial charge in [0.1, 0.15) is 5.82 Å². The van der Waals surface area contributed by atoms with Crippen LogP contribution in [0.5, 0.6) is 0 Å². The number of amides is 1. The van der Waals surface area contributed by atoms with Crippen molar-refractivity contribution in [3.8, 4) is 11.4 Å². The highest BCUT2D eigenvalue weighted by atomic mass is 16.1. The summed E-state index contributed by atoms with van der Waals surface area (Å²) >= 11 is 0. The molecule has 0 bridgehead atoms. The summed E-state index contributed by atoms with van der Waals surface area (Å²) in [6, 6.07) is 13.0. The largest absolute Gasteiger partial charge is 0.352 e. The Bertz CT molecular complexity index is 1040. The molecule has 0 spiro atoms. The Balaban J connectivity index is 1.40. The van der Waals surface area contributed by atoms with Gasteiger partial charge in [0.2, 0.25) is 0 Å². The van der Waals surface area contributed by atoms with Crippen LogP contribution in [0.1, 0.15) is 16.2 Å². The van der Waals surface area contributed by atoms with E-state index in [0.29, 0.717) is 30.2 Å². The van der Waals surface area contributed by atoms with E-state index in [0.717, 1.165) is 16.5 Å². The van der Waals surface area contributed by atoms with Gasteiger partial charge in [0.05, 0.1) is 5.52 Å². The summed E-state index contributed by atoms with van der Waals surface area (Å²) in [6.45, 7) is 0.456. The maximum Gasteiger partial charge on any atom is 0.251 e. The van der Waals surface area contributed by atoms with E-state index in [2.05, 4.69) is 30.5 Å². The van der Waals surface area contributed by atoms with Crippen LogP contribution in [0.4, 0.5) is 0 Å². The zero-order valence-electron chi connectivity index (χ0n) is 13.9. The number of hydrogen-bond acceptors (Lipinski definition) is 5. The fourth-order valence-corrected chi connectivity index (χ4v) is 2.72. The second-order valence-electron chi connectivity index (χ2n) is 5.73. The van der Waals surface area contributed by atoms with Gasteiger partial charge in [-0.25, -0.2) is 4.98 Å². The SMILES string of the molecule is O=C(NCCc1nc(-c2cccnc2)n[nH]1)c1cccc2ncccc12. The van der Waals surface area contributed by atoms with Gasteiger partial charge >= 0.3 is 0 Å². The predicted octanol–water partition coefficient (Wildman–Crippen LogP) is 2.39. The number of aromatic amines is 1. The molecule has 0 radical (unpaired) electrons. The molecule has 7 heteroatoms. The minimum absolute atomic E-state index is 0.129. The summed E-state index contributed by atoms with van der Waals surface area (Å²) in [4.78, 5) is 25.2. The zero-order chi connectivity index (χ0) is 17.8. The maximum absolute atomic E-state index is 12.5. The molecule has 7 nitrogen and oxygen atoms in total. The van der Waals surface area contributed by atoms with Gasteiger partial charge in [-0.1, -0.05) is 12.1 Å². The van der Waals surface area contributed by atoms with E-state index in [-0.39, 0.29) is 5.91 Å². The van der Waals surface area contributed by atoms with E-state index in [1.54, 1.807) is 24.7 Å². The smallest absolute Gasteiger partial charge is 0.251 e. The van der Waals surface area contributed by atoms with Crippen molar-refractivity contribution in [1.82, 2.24) is 30.5 Å². The van der Waals surface area contributed by atoms with Crippen LogP contribution in [0.15, 0.2) is 61.1 Å². The number of carbonyl (C=O) groups excluding carboxylic acids is 1. The van der Waals surface area contributed by atoms with Crippen molar-refractivity contribution in [3.63, 3.8) is 0 Å². The molecule has 1 amide bonds. The molecule has 3 aromatic heterocycles. The Labute approximate surface area is 149 Å². The molecule has 0 aliphatic heterocycles. The number of fused-ring (bicyclic) bond motifs is 1. The lowest BCUT2D eigenvalue weighted by molar-refractivity contribution is 0.0955. The van der Waals surface area contributed by atoms with Crippen molar-refractivity contribution in [2.24, 2.45) is 0 Å². The molecule has 0 atom stereocenters. The summed E-state index contributed by atoms with van der Waals surface area (Å²) in [5.74, 6) is 1.18. The molecule has 0 saturated carbocycles. The Morgan fingerprint density at radius 1 is 1.08 bits per heavy atom. The zero-order valence-corrected chi connectivity index (χ0v) is 13.9. The van der Waals surface area contributed by atoms with Crippen molar-refractivity contribution in [2.45, 2.75) is 6.42 Å². The summed E-state index contributed by atoms with van der Waals surface area (Å²) in [5.41, 5.74) is 2.27. The minimum Gasteiger partial charge on any atom is -0.352 e. The number of hydrogen-bond donors (Lipinski definition) is 2. The highest BCUT2D eigenvalue weighted by Crippen LogP contribution is 2.16. The van der Waals surface area contributed by atoms with E-state index in [4.69, 9.17) is 0 Å². The maximum atomic E-state index is 12.5.